The average molecular weight is 146 g/mol. The maximum Gasteiger partial charge on any atom is 0.0774 e. The molecule has 0 radical (unpaired) electrons. The van der Waals surface area contributed by atoms with Crippen LogP contribution in [0.15, 0.2) is 18.3 Å². The van der Waals surface area contributed by atoms with Crippen LogP contribution < -0.4 is 0 Å². The summed E-state index contributed by atoms with van der Waals surface area (Å²) >= 11 is 0. The molecule has 0 amide bonds. The molecule has 1 heterocycles. The third kappa shape index (κ3) is 2.05. The molecule has 0 spiro atoms. The van der Waals surface area contributed by atoms with E-state index >= 15 is 0 Å². The van der Waals surface area contributed by atoms with Gasteiger partial charge in [-0.15, -0.1) is 0 Å². The monoisotopic (exact) mass is 146 g/mol. The van der Waals surface area contributed by atoms with Gasteiger partial charge in [-0.05, 0) is 24.1 Å². The topological polar surface area (TPSA) is 36.7 Å². The van der Waals surface area contributed by atoms with E-state index in [0.717, 1.165) is 12.1 Å². The van der Waals surface area contributed by atoms with Crippen LogP contribution in [0.4, 0.5) is 0 Å². The Bertz CT molecular complexity index is 273. The van der Waals surface area contributed by atoms with Gasteiger partial charge in [0.05, 0.1) is 18.2 Å². The van der Waals surface area contributed by atoms with Crippen LogP contribution in [-0.2, 0) is 12.8 Å². The lowest BCUT2D eigenvalue weighted by atomic mass is 10.1. The highest BCUT2D eigenvalue weighted by Gasteiger charge is 1.93. The van der Waals surface area contributed by atoms with Gasteiger partial charge in [-0.3, -0.25) is 4.98 Å². The zero-order valence-electron chi connectivity index (χ0n) is 6.54. The largest absolute Gasteiger partial charge is 0.260 e. The normalized spacial score (nSPS) is 9.09. The number of nitrogens with zero attached hydrogens (tertiary/aromatic N) is 2. The van der Waals surface area contributed by atoms with Gasteiger partial charge in [-0.1, -0.05) is 6.92 Å². The van der Waals surface area contributed by atoms with E-state index in [1.165, 1.54) is 5.56 Å². The van der Waals surface area contributed by atoms with Crippen molar-refractivity contribution in [3.05, 3.63) is 29.6 Å². The highest BCUT2D eigenvalue weighted by molar-refractivity contribution is 5.18. The van der Waals surface area contributed by atoms with E-state index in [-0.39, 0.29) is 0 Å². The Morgan fingerprint density at radius 3 is 3.09 bits per heavy atom. The summed E-state index contributed by atoms with van der Waals surface area (Å²) in [6.45, 7) is 2.09. The fraction of sp³-hybridized carbons (Fsp3) is 0.333. The highest BCUT2D eigenvalue weighted by Crippen LogP contribution is 2.02. The van der Waals surface area contributed by atoms with Crippen LogP contribution in [0.25, 0.3) is 0 Å². The van der Waals surface area contributed by atoms with E-state index in [9.17, 15) is 0 Å². The molecule has 1 rings (SSSR count). The second-order valence-corrected chi connectivity index (χ2v) is 2.34. The molecule has 1 aromatic heterocycles. The Morgan fingerprint density at radius 1 is 1.64 bits per heavy atom. The summed E-state index contributed by atoms with van der Waals surface area (Å²) < 4.78 is 0. The SMILES string of the molecule is CCc1ccnc(CC#N)c1. The molecular weight excluding hydrogens is 136 g/mol. The summed E-state index contributed by atoms with van der Waals surface area (Å²) in [4.78, 5) is 4.05. The molecule has 0 aliphatic heterocycles. The molecule has 56 valence electrons. The number of hydrogen-bond acceptors (Lipinski definition) is 2. The minimum Gasteiger partial charge on any atom is -0.260 e. The third-order valence-corrected chi connectivity index (χ3v) is 1.55. The molecule has 2 nitrogen and oxygen atoms in total. The van der Waals surface area contributed by atoms with Gasteiger partial charge < -0.3 is 0 Å². The molecule has 0 saturated carbocycles. The number of aryl methyl sites for hydroxylation is 1. The summed E-state index contributed by atoms with van der Waals surface area (Å²) in [7, 11) is 0. The minimum atomic E-state index is 0.411. The first-order chi connectivity index (χ1) is 5.36. The summed E-state index contributed by atoms with van der Waals surface area (Å²) in [6.07, 6.45) is 3.17. The van der Waals surface area contributed by atoms with Gasteiger partial charge in [0.15, 0.2) is 0 Å². The number of aromatic nitrogens is 1. The van der Waals surface area contributed by atoms with E-state index in [1.807, 2.05) is 12.1 Å². The van der Waals surface area contributed by atoms with Crippen LogP contribution in [0.3, 0.4) is 0 Å². The van der Waals surface area contributed by atoms with Gasteiger partial charge >= 0.3 is 0 Å². The molecule has 0 atom stereocenters. The van der Waals surface area contributed by atoms with Gasteiger partial charge in [0, 0.05) is 6.20 Å². The molecule has 0 unspecified atom stereocenters. The number of hydrogen-bond donors (Lipinski definition) is 0. The lowest BCUT2D eigenvalue weighted by molar-refractivity contribution is 1.05. The molecule has 0 bridgehead atoms. The van der Waals surface area contributed by atoms with Crippen molar-refractivity contribution in [3.63, 3.8) is 0 Å². The van der Waals surface area contributed by atoms with E-state index in [1.54, 1.807) is 6.20 Å². The van der Waals surface area contributed by atoms with Gasteiger partial charge in [-0.25, -0.2) is 0 Å². The van der Waals surface area contributed by atoms with Crippen LogP contribution in [0.2, 0.25) is 0 Å². The molecule has 1 aromatic rings. The van der Waals surface area contributed by atoms with Crippen molar-refractivity contribution in [3.8, 4) is 6.07 Å². The fourth-order valence-electron chi connectivity index (χ4n) is 0.926. The average Bonchev–Trinajstić information content (AvgIpc) is 2.06. The van der Waals surface area contributed by atoms with E-state index in [2.05, 4.69) is 18.0 Å². The van der Waals surface area contributed by atoms with Crippen molar-refractivity contribution in [1.29, 1.82) is 5.26 Å². The van der Waals surface area contributed by atoms with Crippen molar-refractivity contribution >= 4 is 0 Å². The van der Waals surface area contributed by atoms with Crippen LogP contribution >= 0.6 is 0 Å². The summed E-state index contributed by atoms with van der Waals surface area (Å²) in [5, 5.41) is 8.39. The van der Waals surface area contributed by atoms with Gasteiger partial charge in [0.2, 0.25) is 0 Å². The zero-order chi connectivity index (χ0) is 8.10. The lowest BCUT2D eigenvalue weighted by Gasteiger charge is -1.96. The molecule has 11 heavy (non-hydrogen) atoms. The second kappa shape index (κ2) is 3.72. The molecule has 0 N–H and O–H groups in total. The highest BCUT2D eigenvalue weighted by atomic mass is 14.7. The third-order valence-electron chi connectivity index (χ3n) is 1.55. The zero-order valence-corrected chi connectivity index (χ0v) is 6.54. The number of pyridine rings is 1. The number of nitriles is 1. The number of rotatable bonds is 2. The first-order valence-electron chi connectivity index (χ1n) is 3.67. The van der Waals surface area contributed by atoms with Crippen molar-refractivity contribution in [1.82, 2.24) is 4.98 Å². The van der Waals surface area contributed by atoms with Crippen LogP contribution in [-0.4, -0.2) is 4.98 Å². The van der Waals surface area contributed by atoms with Crippen LogP contribution in [0, 0.1) is 11.3 Å². The van der Waals surface area contributed by atoms with Crippen LogP contribution in [0.1, 0.15) is 18.2 Å². The van der Waals surface area contributed by atoms with Gasteiger partial charge in [0.1, 0.15) is 0 Å². The van der Waals surface area contributed by atoms with E-state index < -0.39 is 0 Å². The summed E-state index contributed by atoms with van der Waals surface area (Å²) in [5.41, 5.74) is 2.11. The maximum atomic E-state index is 8.39. The first kappa shape index (κ1) is 7.74. The van der Waals surface area contributed by atoms with E-state index in [0.29, 0.717) is 6.42 Å². The maximum absolute atomic E-state index is 8.39. The molecule has 0 saturated heterocycles. The Kier molecular flexibility index (Phi) is 2.62. The molecule has 0 aliphatic rings. The van der Waals surface area contributed by atoms with Crippen molar-refractivity contribution in [2.45, 2.75) is 19.8 Å². The van der Waals surface area contributed by atoms with E-state index in [4.69, 9.17) is 5.26 Å². The van der Waals surface area contributed by atoms with Gasteiger partial charge in [0.25, 0.3) is 0 Å². The second-order valence-electron chi connectivity index (χ2n) is 2.34. The Balaban J connectivity index is 2.84. The smallest absolute Gasteiger partial charge is 0.0774 e. The molecule has 0 fully saturated rings. The van der Waals surface area contributed by atoms with Crippen molar-refractivity contribution in [2.75, 3.05) is 0 Å². The van der Waals surface area contributed by atoms with Crippen molar-refractivity contribution < 1.29 is 0 Å². The summed E-state index contributed by atoms with van der Waals surface area (Å²) in [5.74, 6) is 0. The van der Waals surface area contributed by atoms with Crippen molar-refractivity contribution in [2.24, 2.45) is 0 Å². The minimum absolute atomic E-state index is 0.411. The lowest BCUT2D eigenvalue weighted by Crippen LogP contribution is -1.89. The predicted octanol–water partition coefficient (Wildman–Crippen LogP) is 1.71. The predicted molar refractivity (Wildman–Crippen MR) is 42.9 cm³/mol. The molecular formula is C9H10N2. The quantitative estimate of drug-likeness (QED) is 0.636. The summed E-state index contributed by atoms with van der Waals surface area (Å²) in [6, 6.07) is 6.02. The molecule has 2 heteroatoms. The van der Waals surface area contributed by atoms with Gasteiger partial charge in [-0.2, -0.15) is 5.26 Å². The first-order valence-corrected chi connectivity index (χ1v) is 3.67. The standard InChI is InChI=1S/C9H10N2/c1-2-8-4-6-11-9(7-8)3-5-10/h4,6-7H,2-3H2,1H3. The molecule has 0 aromatic carbocycles. The Labute approximate surface area is 66.5 Å². The molecule has 0 aliphatic carbocycles. The Morgan fingerprint density at radius 2 is 2.45 bits per heavy atom. The Hall–Kier alpha value is -1.36. The van der Waals surface area contributed by atoms with Crippen LogP contribution in [0.5, 0.6) is 0 Å². The fourth-order valence-corrected chi connectivity index (χ4v) is 0.926.